The molecule has 0 radical (unpaired) electrons. The number of hydrogen-bond acceptors (Lipinski definition) is 7. The molecule has 0 amide bonds. The Bertz CT molecular complexity index is 706. The molecule has 0 heterocycles. The third kappa shape index (κ3) is 6.43. The van der Waals surface area contributed by atoms with Gasteiger partial charge in [0.25, 0.3) is 0 Å². The summed E-state index contributed by atoms with van der Waals surface area (Å²) in [5.41, 5.74) is 0.253. The highest BCUT2D eigenvalue weighted by Crippen LogP contribution is 2.16. The van der Waals surface area contributed by atoms with Crippen LogP contribution in [0.5, 0.6) is 0 Å². The summed E-state index contributed by atoms with van der Waals surface area (Å²) in [6.07, 6.45) is 2.56. The molecule has 0 aliphatic carbocycles. The lowest BCUT2D eigenvalue weighted by molar-refractivity contribution is -0.139. The number of aliphatic imine (C=N–C) groups is 1. The van der Waals surface area contributed by atoms with Gasteiger partial charge < -0.3 is 19.5 Å². The first-order valence-electron chi connectivity index (χ1n) is 8.15. The number of esters is 2. The first kappa shape index (κ1) is 21.0. The molecule has 1 N–H and O–H groups in total. The van der Waals surface area contributed by atoms with Gasteiger partial charge in [0, 0.05) is 32.1 Å². The number of hydrogen-bond donors (Lipinski definition) is 1. The van der Waals surface area contributed by atoms with E-state index < -0.39 is 11.9 Å². The Balaban J connectivity index is 3.32. The van der Waals surface area contributed by atoms with Crippen LogP contribution < -0.4 is 0 Å². The summed E-state index contributed by atoms with van der Waals surface area (Å²) in [6.45, 7) is 3.66. The summed E-state index contributed by atoms with van der Waals surface area (Å²) in [5.74, 6) is -1.67. The van der Waals surface area contributed by atoms with Crippen LogP contribution in [0, 0.1) is 0 Å². The molecule has 0 fully saturated rings. The van der Waals surface area contributed by atoms with Gasteiger partial charge in [0.15, 0.2) is 5.70 Å². The first-order valence-corrected chi connectivity index (χ1v) is 8.15. The average Bonchev–Trinajstić information content (AvgIpc) is 2.61. The van der Waals surface area contributed by atoms with E-state index >= 15 is 0 Å². The Morgan fingerprint density at radius 3 is 2.19 bits per heavy atom. The fraction of sp³-hybridized carbons (Fsp3) is 0.316. The van der Waals surface area contributed by atoms with E-state index in [1.165, 1.54) is 6.20 Å². The molecule has 1 aromatic rings. The van der Waals surface area contributed by atoms with Crippen molar-refractivity contribution >= 4 is 23.9 Å². The lowest BCUT2D eigenvalue weighted by Crippen LogP contribution is -2.14. The zero-order chi connectivity index (χ0) is 19.5. The SMILES string of the molecule is CCOC(=O)C(=C/N(C)C)/N=C/C(C(=O)OCC)=C(/O)c1ccccc1. The summed E-state index contributed by atoms with van der Waals surface area (Å²) >= 11 is 0. The van der Waals surface area contributed by atoms with Crippen molar-refractivity contribution in [2.45, 2.75) is 13.8 Å². The van der Waals surface area contributed by atoms with Crippen LogP contribution in [0.15, 0.2) is 52.8 Å². The van der Waals surface area contributed by atoms with Crippen molar-refractivity contribution in [3.05, 3.63) is 53.4 Å². The molecule has 140 valence electrons. The largest absolute Gasteiger partial charge is 0.506 e. The Kier molecular flexibility index (Phi) is 8.63. The molecule has 0 saturated heterocycles. The Morgan fingerprint density at radius 1 is 1.08 bits per heavy atom. The van der Waals surface area contributed by atoms with E-state index in [9.17, 15) is 14.7 Å². The van der Waals surface area contributed by atoms with Crippen LogP contribution in [0.3, 0.4) is 0 Å². The number of rotatable bonds is 8. The highest BCUT2D eigenvalue weighted by molar-refractivity contribution is 6.15. The minimum Gasteiger partial charge on any atom is -0.506 e. The molecular weight excluding hydrogens is 336 g/mol. The van der Waals surface area contributed by atoms with Crippen LogP contribution in [-0.2, 0) is 19.1 Å². The van der Waals surface area contributed by atoms with Crippen LogP contribution >= 0.6 is 0 Å². The van der Waals surface area contributed by atoms with E-state index in [1.54, 1.807) is 63.2 Å². The van der Waals surface area contributed by atoms with Gasteiger partial charge in [-0.05, 0) is 13.8 Å². The van der Waals surface area contributed by atoms with Gasteiger partial charge in [0.1, 0.15) is 11.3 Å². The number of nitrogens with zero attached hydrogens (tertiary/aromatic N) is 2. The van der Waals surface area contributed by atoms with Gasteiger partial charge in [0.05, 0.1) is 13.2 Å². The molecule has 0 saturated carbocycles. The molecule has 0 aliphatic rings. The summed E-state index contributed by atoms with van der Waals surface area (Å²) in [6, 6.07) is 8.52. The van der Waals surface area contributed by atoms with E-state index in [2.05, 4.69) is 4.99 Å². The molecule has 7 heteroatoms. The Hall–Kier alpha value is -3.09. The molecule has 0 aromatic heterocycles. The maximum absolute atomic E-state index is 12.2. The predicted octanol–water partition coefficient (Wildman–Crippen LogP) is 2.56. The normalized spacial score (nSPS) is 12.5. The monoisotopic (exact) mass is 360 g/mol. The second-order valence-corrected chi connectivity index (χ2v) is 5.31. The fourth-order valence-electron chi connectivity index (χ4n) is 1.89. The lowest BCUT2D eigenvalue weighted by atomic mass is 10.1. The Morgan fingerprint density at radius 2 is 1.65 bits per heavy atom. The minimum absolute atomic E-state index is 0.0143. The van der Waals surface area contributed by atoms with Crippen molar-refractivity contribution in [2.75, 3.05) is 27.3 Å². The number of carbonyl (C=O) groups excluding carboxylic acids is 2. The van der Waals surface area contributed by atoms with E-state index in [4.69, 9.17) is 9.47 Å². The van der Waals surface area contributed by atoms with Gasteiger partial charge in [-0.15, -0.1) is 0 Å². The molecule has 0 aliphatic heterocycles. The standard InChI is InChI=1S/C19H24N2O5/c1-5-25-18(23)15(17(22)14-10-8-7-9-11-14)12-20-16(13-21(3)4)19(24)26-6-2/h7-13,22H,5-6H2,1-4H3/b16-13-,17-15-,20-12+. The van der Waals surface area contributed by atoms with Gasteiger partial charge >= 0.3 is 11.9 Å². The van der Waals surface area contributed by atoms with Crippen LogP contribution in [0.4, 0.5) is 0 Å². The molecule has 1 rings (SSSR count). The first-order chi connectivity index (χ1) is 12.4. The fourth-order valence-corrected chi connectivity index (χ4v) is 1.89. The quantitative estimate of drug-likeness (QED) is 0.332. The van der Waals surface area contributed by atoms with Gasteiger partial charge in [-0.3, -0.25) is 0 Å². The minimum atomic E-state index is -0.745. The molecule has 0 bridgehead atoms. The summed E-state index contributed by atoms with van der Waals surface area (Å²) in [7, 11) is 3.44. The molecule has 0 spiro atoms. The molecule has 0 unspecified atom stereocenters. The van der Waals surface area contributed by atoms with Crippen molar-refractivity contribution in [3.63, 3.8) is 0 Å². The maximum Gasteiger partial charge on any atom is 0.358 e. The number of ether oxygens (including phenoxy) is 2. The van der Waals surface area contributed by atoms with Gasteiger partial charge in [-0.25, -0.2) is 14.6 Å². The van der Waals surface area contributed by atoms with Gasteiger partial charge in [-0.2, -0.15) is 0 Å². The Labute approximate surface area is 153 Å². The van der Waals surface area contributed by atoms with Crippen LogP contribution in [-0.4, -0.2) is 55.5 Å². The van der Waals surface area contributed by atoms with E-state index in [1.807, 2.05) is 0 Å². The highest BCUT2D eigenvalue weighted by Gasteiger charge is 2.17. The number of aliphatic hydroxyl groups is 1. The van der Waals surface area contributed by atoms with Crippen LogP contribution in [0.1, 0.15) is 19.4 Å². The topological polar surface area (TPSA) is 88.4 Å². The molecule has 26 heavy (non-hydrogen) atoms. The number of aliphatic hydroxyl groups excluding tert-OH is 1. The van der Waals surface area contributed by atoms with Crippen molar-refractivity contribution < 1.29 is 24.2 Å². The van der Waals surface area contributed by atoms with Crippen molar-refractivity contribution in [3.8, 4) is 0 Å². The number of carbonyl (C=O) groups is 2. The summed E-state index contributed by atoms with van der Waals surface area (Å²) in [5, 5.41) is 10.5. The number of benzene rings is 1. The van der Waals surface area contributed by atoms with E-state index in [0.717, 1.165) is 6.21 Å². The van der Waals surface area contributed by atoms with Gasteiger partial charge in [0.2, 0.25) is 0 Å². The summed E-state index contributed by atoms with van der Waals surface area (Å²) < 4.78 is 9.92. The zero-order valence-electron chi connectivity index (χ0n) is 15.4. The van der Waals surface area contributed by atoms with Crippen molar-refractivity contribution in [1.82, 2.24) is 4.90 Å². The van der Waals surface area contributed by atoms with E-state index in [0.29, 0.717) is 5.56 Å². The second kappa shape index (κ2) is 10.7. The van der Waals surface area contributed by atoms with E-state index in [-0.39, 0.29) is 30.2 Å². The highest BCUT2D eigenvalue weighted by atomic mass is 16.5. The zero-order valence-corrected chi connectivity index (χ0v) is 15.4. The van der Waals surface area contributed by atoms with Crippen molar-refractivity contribution in [1.29, 1.82) is 0 Å². The van der Waals surface area contributed by atoms with Crippen molar-refractivity contribution in [2.24, 2.45) is 4.99 Å². The maximum atomic E-state index is 12.2. The van der Waals surface area contributed by atoms with Crippen LogP contribution in [0.25, 0.3) is 5.76 Å². The third-order valence-electron chi connectivity index (χ3n) is 3.00. The third-order valence-corrected chi connectivity index (χ3v) is 3.00. The molecule has 7 nitrogen and oxygen atoms in total. The average molecular weight is 360 g/mol. The summed E-state index contributed by atoms with van der Waals surface area (Å²) in [4.78, 5) is 29.9. The van der Waals surface area contributed by atoms with Crippen LogP contribution in [0.2, 0.25) is 0 Å². The second-order valence-electron chi connectivity index (χ2n) is 5.31. The van der Waals surface area contributed by atoms with Gasteiger partial charge in [-0.1, -0.05) is 30.3 Å². The molecular formula is C19H24N2O5. The lowest BCUT2D eigenvalue weighted by Gasteiger charge is -2.09. The molecule has 0 atom stereocenters. The molecule has 1 aromatic carbocycles. The smallest absolute Gasteiger partial charge is 0.358 e. The predicted molar refractivity (Wildman–Crippen MR) is 99.5 cm³/mol.